The van der Waals surface area contributed by atoms with Gasteiger partial charge in [-0.25, -0.2) is 9.67 Å². The highest BCUT2D eigenvalue weighted by Crippen LogP contribution is 2.24. The van der Waals surface area contributed by atoms with Gasteiger partial charge < -0.3 is 10.1 Å². The van der Waals surface area contributed by atoms with Gasteiger partial charge in [0.1, 0.15) is 11.6 Å². The van der Waals surface area contributed by atoms with Crippen LogP contribution in [0.3, 0.4) is 0 Å². The van der Waals surface area contributed by atoms with E-state index in [9.17, 15) is 4.79 Å². The van der Waals surface area contributed by atoms with Crippen LogP contribution in [-0.2, 0) is 5.41 Å². The van der Waals surface area contributed by atoms with Crippen molar-refractivity contribution in [2.45, 2.75) is 33.1 Å². The molecule has 0 saturated heterocycles. The van der Waals surface area contributed by atoms with Crippen LogP contribution < -0.4 is 10.1 Å². The molecule has 162 valence electrons. The Labute approximate surface area is 187 Å². The van der Waals surface area contributed by atoms with Crippen molar-refractivity contribution in [1.29, 1.82) is 0 Å². The van der Waals surface area contributed by atoms with E-state index >= 15 is 0 Å². The molecule has 0 radical (unpaired) electrons. The molecular weight excluding hydrogens is 402 g/mol. The molecule has 0 unspecified atom stereocenters. The molecule has 0 aliphatic carbocycles. The zero-order chi connectivity index (χ0) is 22.7. The maximum Gasteiger partial charge on any atom is 0.255 e. The van der Waals surface area contributed by atoms with Gasteiger partial charge in [0.25, 0.3) is 5.91 Å². The van der Waals surface area contributed by atoms with E-state index in [0.717, 1.165) is 0 Å². The zero-order valence-electron chi connectivity index (χ0n) is 18.5. The molecule has 7 heteroatoms. The summed E-state index contributed by atoms with van der Waals surface area (Å²) in [5, 5.41) is 7.10. The first-order chi connectivity index (χ1) is 15.3. The molecule has 2 aromatic heterocycles. The standard InChI is InChI=1S/C25H25N5O2/c1-17-27-22(30-15-5-14-26-30)16-23(28-17)32-21-12-10-20(11-13-21)29-24(31)18-6-8-19(9-7-18)25(2,3)4/h5-16H,1-4H3,(H,29,31). The number of aryl methyl sites for hydroxylation is 1. The molecule has 1 N–H and O–H groups in total. The first-order valence-corrected chi connectivity index (χ1v) is 10.3. The molecular formula is C25H25N5O2. The van der Waals surface area contributed by atoms with Crippen LogP contribution in [0.4, 0.5) is 5.69 Å². The number of carbonyl (C=O) groups excluding carboxylic acids is 1. The second-order valence-electron chi connectivity index (χ2n) is 8.47. The van der Waals surface area contributed by atoms with Crippen molar-refractivity contribution in [2.75, 3.05) is 5.32 Å². The summed E-state index contributed by atoms with van der Waals surface area (Å²) in [4.78, 5) is 21.3. The van der Waals surface area contributed by atoms with E-state index in [1.807, 2.05) is 30.3 Å². The number of rotatable bonds is 5. The van der Waals surface area contributed by atoms with Gasteiger partial charge in [0.2, 0.25) is 5.88 Å². The highest BCUT2D eigenvalue weighted by Gasteiger charge is 2.14. The molecule has 7 nitrogen and oxygen atoms in total. The first-order valence-electron chi connectivity index (χ1n) is 10.3. The summed E-state index contributed by atoms with van der Waals surface area (Å²) in [6.45, 7) is 8.23. The molecule has 4 aromatic rings. The average molecular weight is 428 g/mol. The number of benzene rings is 2. The van der Waals surface area contributed by atoms with E-state index < -0.39 is 0 Å². The van der Waals surface area contributed by atoms with Crippen molar-refractivity contribution in [2.24, 2.45) is 0 Å². The van der Waals surface area contributed by atoms with Crippen LogP contribution in [0.25, 0.3) is 5.82 Å². The Morgan fingerprint density at radius 3 is 2.34 bits per heavy atom. The summed E-state index contributed by atoms with van der Waals surface area (Å²) in [5.41, 5.74) is 2.53. The van der Waals surface area contributed by atoms with Crippen LogP contribution in [-0.4, -0.2) is 25.7 Å². The maximum atomic E-state index is 12.6. The summed E-state index contributed by atoms with van der Waals surface area (Å²) in [5.74, 6) is 2.06. The SMILES string of the molecule is Cc1nc(Oc2ccc(NC(=O)c3ccc(C(C)(C)C)cc3)cc2)cc(-n2cccn2)n1. The minimum absolute atomic E-state index is 0.0478. The molecule has 0 aliphatic heterocycles. The minimum atomic E-state index is -0.158. The summed E-state index contributed by atoms with van der Waals surface area (Å²) >= 11 is 0. The zero-order valence-corrected chi connectivity index (χ0v) is 18.5. The fraction of sp³-hybridized carbons (Fsp3) is 0.200. The number of nitrogens with one attached hydrogen (secondary N) is 1. The molecule has 4 rings (SSSR count). The molecule has 0 fully saturated rings. The minimum Gasteiger partial charge on any atom is -0.439 e. The van der Waals surface area contributed by atoms with Gasteiger partial charge in [-0.15, -0.1) is 0 Å². The fourth-order valence-electron chi connectivity index (χ4n) is 3.15. The van der Waals surface area contributed by atoms with Gasteiger partial charge in [-0.1, -0.05) is 32.9 Å². The molecule has 32 heavy (non-hydrogen) atoms. The normalized spacial score (nSPS) is 11.2. The fourth-order valence-corrected chi connectivity index (χ4v) is 3.15. The third-order valence-corrected chi connectivity index (χ3v) is 4.89. The van der Waals surface area contributed by atoms with E-state index in [0.29, 0.717) is 34.5 Å². The quantitative estimate of drug-likeness (QED) is 0.467. The smallest absolute Gasteiger partial charge is 0.255 e. The molecule has 2 heterocycles. The highest BCUT2D eigenvalue weighted by molar-refractivity contribution is 6.04. The Hall–Kier alpha value is -4.00. The van der Waals surface area contributed by atoms with Gasteiger partial charge in [0.15, 0.2) is 5.82 Å². The molecule has 2 aromatic carbocycles. The largest absolute Gasteiger partial charge is 0.439 e. The Kier molecular flexibility index (Phi) is 5.73. The van der Waals surface area contributed by atoms with Gasteiger partial charge in [0.05, 0.1) is 0 Å². The Bertz CT molecular complexity index is 1210. The number of hydrogen-bond acceptors (Lipinski definition) is 5. The van der Waals surface area contributed by atoms with E-state index in [-0.39, 0.29) is 11.3 Å². The van der Waals surface area contributed by atoms with Gasteiger partial charge in [-0.3, -0.25) is 4.79 Å². The second-order valence-corrected chi connectivity index (χ2v) is 8.47. The number of ether oxygens (including phenoxy) is 1. The summed E-state index contributed by atoms with van der Waals surface area (Å²) < 4.78 is 7.53. The van der Waals surface area contributed by atoms with Crippen molar-refractivity contribution >= 4 is 11.6 Å². The van der Waals surface area contributed by atoms with E-state index in [1.165, 1.54) is 5.56 Å². The Morgan fingerprint density at radius 1 is 1.00 bits per heavy atom. The molecule has 0 saturated carbocycles. The Balaban J connectivity index is 1.43. The van der Waals surface area contributed by atoms with Crippen molar-refractivity contribution in [3.05, 3.63) is 90.0 Å². The monoisotopic (exact) mass is 427 g/mol. The van der Waals surface area contributed by atoms with Crippen LogP contribution in [0.15, 0.2) is 73.1 Å². The number of anilines is 1. The van der Waals surface area contributed by atoms with E-state index in [1.54, 1.807) is 54.3 Å². The van der Waals surface area contributed by atoms with Crippen molar-refractivity contribution in [3.63, 3.8) is 0 Å². The predicted molar refractivity (Wildman–Crippen MR) is 124 cm³/mol. The summed E-state index contributed by atoms with van der Waals surface area (Å²) in [6.07, 6.45) is 3.49. The summed E-state index contributed by atoms with van der Waals surface area (Å²) in [6, 6.07) is 18.4. The van der Waals surface area contributed by atoms with Crippen LogP contribution in [0.2, 0.25) is 0 Å². The van der Waals surface area contributed by atoms with Crippen molar-refractivity contribution in [3.8, 4) is 17.4 Å². The first kappa shape index (κ1) is 21.2. The van der Waals surface area contributed by atoms with E-state index in [4.69, 9.17) is 4.74 Å². The number of carbonyl (C=O) groups is 1. The lowest BCUT2D eigenvalue weighted by molar-refractivity contribution is 0.102. The van der Waals surface area contributed by atoms with Gasteiger partial charge in [-0.2, -0.15) is 10.1 Å². The second kappa shape index (κ2) is 8.63. The lowest BCUT2D eigenvalue weighted by Gasteiger charge is -2.19. The number of amides is 1. The van der Waals surface area contributed by atoms with Crippen LogP contribution in [0, 0.1) is 6.92 Å². The molecule has 1 amide bonds. The van der Waals surface area contributed by atoms with Gasteiger partial charge >= 0.3 is 0 Å². The number of hydrogen-bond donors (Lipinski definition) is 1. The summed E-state index contributed by atoms with van der Waals surface area (Å²) in [7, 11) is 0. The topological polar surface area (TPSA) is 81.9 Å². The molecule has 0 bridgehead atoms. The Morgan fingerprint density at radius 2 is 1.72 bits per heavy atom. The maximum absolute atomic E-state index is 12.6. The number of nitrogens with zero attached hydrogens (tertiary/aromatic N) is 4. The van der Waals surface area contributed by atoms with E-state index in [2.05, 4.69) is 41.2 Å². The predicted octanol–water partition coefficient (Wildman–Crippen LogP) is 5.31. The highest BCUT2D eigenvalue weighted by atomic mass is 16.5. The number of aromatic nitrogens is 4. The van der Waals surface area contributed by atoms with Crippen LogP contribution in [0.1, 0.15) is 42.5 Å². The van der Waals surface area contributed by atoms with Crippen molar-refractivity contribution < 1.29 is 9.53 Å². The molecule has 0 aliphatic rings. The molecule has 0 atom stereocenters. The third-order valence-electron chi connectivity index (χ3n) is 4.89. The lowest BCUT2D eigenvalue weighted by atomic mass is 9.87. The van der Waals surface area contributed by atoms with Gasteiger partial charge in [0, 0.05) is 29.7 Å². The average Bonchev–Trinajstić information content (AvgIpc) is 3.29. The van der Waals surface area contributed by atoms with Crippen LogP contribution >= 0.6 is 0 Å². The van der Waals surface area contributed by atoms with Crippen molar-refractivity contribution in [1.82, 2.24) is 19.7 Å². The third kappa shape index (κ3) is 5.00. The molecule has 0 spiro atoms. The van der Waals surface area contributed by atoms with Gasteiger partial charge in [-0.05, 0) is 60.4 Å². The van der Waals surface area contributed by atoms with Crippen LogP contribution in [0.5, 0.6) is 11.6 Å². The lowest BCUT2D eigenvalue weighted by Crippen LogP contribution is -2.14.